The van der Waals surface area contributed by atoms with Crippen LogP contribution in [0.4, 0.5) is 5.69 Å². The second-order valence-corrected chi connectivity index (χ2v) is 7.51. The molecule has 3 nitrogen and oxygen atoms in total. The van der Waals surface area contributed by atoms with Gasteiger partial charge in [-0.15, -0.1) is 0 Å². The zero-order valence-electron chi connectivity index (χ0n) is 13.2. The maximum absolute atomic E-state index is 12.8. The van der Waals surface area contributed by atoms with E-state index in [0.717, 1.165) is 29.7 Å². The summed E-state index contributed by atoms with van der Waals surface area (Å²) >= 11 is 0. The Kier molecular flexibility index (Phi) is 3.01. The molecule has 1 fully saturated rings. The van der Waals surface area contributed by atoms with Crippen molar-refractivity contribution in [3.8, 4) is 0 Å². The lowest BCUT2D eigenvalue weighted by molar-refractivity contribution is -0.116. The number of ketones is 1. The minimum atomic E-state index is 0.0606. The number of Topliss-reactive ketones (excluding diaryl/α,β-unsaturated/α-hetero) is 1. The molecule has 0 spiro atoms. The first kappa shape index (κ1) is 14.3. The van der Waals surface area contributed by atoms with Crippen LogP contribution in [0.3, 0.4) is 0 Å². The zero-order valence-corrected chi connectivity index (χ0v) is 13.2. The molecule has 1 aliphatic carbocycles. The number of rotatable bonds is 2. The third-order valence-electron chi connectivity index (χ3n) is 5.80. The standard InChI is InChI=1S/C18H23NO2/c1-17(2)16(18(17,3)4)15(21)12-8-9-13-11(10-12)6-5-7-14(20)19-13/h8-10,16H,5-7H2,1-4H3,(H,19,20). The van der Waals surface area contributed by atoms with Gasteiger partial charge in [-0.05, 0) is 47.4 Å². The number of carbonyl (C=O) groups excluding carboxylic acids is 2. The highest BCUT2D eigenvalue weighted by Gasteiger charge is 2.67. The molecule has 0 unspecified atom stereocenters. The van der Waals surface area contributed by atoms with E-state index >= 15 is 0 Å². The Morgan fingerprint density at radius 1 is 1.14 bits per heavy atom. The lowest BCUT2D eigenvalue weighted by Gasteiger charge is -2.09. The van der Waals surface area contributed by atoms with Crippen molar-refractivity contribution in [3.63, 3.8) is 0 Å². The molecule has 1 heterocycles. The van der Waals surface area contributed by atoms with Crippen molar-refractivity contribution in [3.05, 3.63) is 29.3 Å². The second-order valence-electron chi connectivity index (χ2n) is 7.51. The number of hydrogen-bond acceptors (Lipinski definition) is 2. The van der Waals surface area contributed by atoms with Crippen molar-refractivity contribution in [2.45, 2.75) is 47.0 Å². The molecule has 0 radical (unpaired) electrons. The van der Waals surface area contributed by atoms with Crippen LogP contribution in [0, 0.1) is 16.7 Å². The van der Waals surface area contributed by atoms with Gasteiger partial charge < -0.3 is 5.32 Å². The molecule has 0 aromatic heterocycles. The molecular formula is C18H23NO2. The van der Waals surface area contributed by atoms with Gasteiger partial charge in [-0.25, -0.2) is 0 Å². The van der Waals surface area contributed by atoms with Crippen LogP contribution >= 0.6 is 0 Å². The van der Waals surface area contributed by atoms with E-state index in [1.807, 2.05) is 18.2 Å². The Hall–Kier alpha value is -1.64. The van der Waals surface area contributed by atoms with Crippen LogP contribution in [0.5, 0.6) is 0 Å². The monoisotopic (exact) mass is 285 g/mol. The minimum absolute atomic E-state index is 0.0606. The summed E-state index contributed by atoms with van der Waals surface area (Å²) in [6.07, 6.45) is 2.25. The number of amides is 1. The van der Waals surface area contributed by atoms with Gasteiger partial charge >= 0.3 is 0 Å². The van der Waals surface area contributed by atoms with Crippen LogP contribution in [0.15, 0.2) is 18.2 Å². The minimum Gasteiger partial charge on any atom is -0.326 e. The van der Waals surface area contributed by atoms with Gasteiger partial charge in [0, 0.05) is 23.6 Å². The number of nitrogens with one attached hydrogen (secondary N) is 1. The molecule has 1 aromatic carbocycles. The maximum Gasteiger partial charge on any atom is 0.224 e. The van der Waals surface area contributed by atoms with E-state index in [4.69, 9.17) is 0 Å². The topological polar surface area (TPSA) is 46.2 Å². The number of hydrogen-bond donors (Lipinski definition) is 1. The predicted molar refractivity (Wildman–Crippen MR) is 83.4 cm³/mol. The molecular weight excluding hydrogens is 262 g/mol. The van der Waals surface area contributed by atoms with Gasteiger partial charge in [-0.3, -0.25) is 9.59 Å². The van der Waals surface area contributed by atoms with E-state index in [1.165, 1.54) is 0 Å². The van der Waals surface area contributed by atoms with Gasteiger partial charge in [-0.1, -0.05) is 27.7 Å². The number of anilines is 1. The summed E-state index contributed by atoms with van der Waals surface area (Å²) in [5.41, 5.74) is 2.86. The summed E-state index contributed by atoms with van der Waals surface area (Å²) in [6.45, 7) is 8.66. The van der Waals surface area contributed by atoms with Crippen LogP contribution in [-0.2, 0) is 11.2 Å². The van der Waals surface area contributed by atoms with E-state index in [9.17, 15) is 9.59 Å². The van der Waals surface area contributed by atoms with E-state index in [0.29, 0.717) is 6.42 Å². The fraction of sp³-hybridized carbons (Fsp3) is 0.556. The number of benzene rings is 1. The summed E-state index contributed by atoms with van der Waals surface area (Å²) in [7, 11) is 0. The first-order valence-corrected chi connectivity index (χ1v) is 7.72. The Morgan fingerprint density at radius 2 is 1.81 bits per heavy atom. The van der Waals surface area contributed by atoms with Gasteiger partial charge in [0.1, 0.15) is 0 Å². The summed E-state index contributed by atoms with van der Waals surface area (Å²) in [4.78, 5) is 24.4. The van der Waals surface area contributed by atoms with Gasteiger partial charge in [0.15, 0.2) is 5.78 Å². The number of carbonyl (C=O) groups is 2. The van der Waals surface area contributed by atoms with Gasteiger partial charge in [0.25, 0.3) is 0 Å². The van der Waals surface area contributed by atoms with Gasteiger partial charge in [0.05, 0.1) is 0 Å². The predicted octanol–water partition coefficient (Wildman–Crippen LogP) is 3.83. The Morgan fingerprint density at radius 3 is 2.43 bits per heavy atom. The van der Waals surface area contributed by atoms with Crippen LogP contribution in [0.2, 0.25) is 0 Å². The fourth-order valence-electron chi connectivity index (χ4n) is 3.75. The highest BCUT2D eigenvalue weighted by atomic mass is 16.1. The van der Waals surface area contributed by atoms with E-state index in [2.05, 4.69) is 33.0 Å². The molecule has 0 atom stereocenters. The first-order chi connectivity index (χ1) is 9.75. The largest absolute Gasteiger partial charge is 0.326 e. The lowest BCUT2D eigenvalue weighted by atomic mass is 9.97. The maximum atomic E-state index is 12.8. The molecule has 112 valence electrons. The smallest absolute Gasteiger partial charge is 0.224 e. The molecule has 3 rings (SSSR count). The van der Waals surface area contributed by atoms with Crippen LogP contribution in [0.25, 0.3) is 0 Å². The summed E-state index contributed by atoms with van der Waals surface area (Å²) in [6, 6.07) is 5.72. The third kappa shape index (κ3) is 2.10. The van der Waals surface area contributed by atoms with E-state index < -0.39 is 0 Å². The van der Waals surface area contributed by atoms with Gasteiger partial charge in [0.2, 0.25) is 5.91 Å². The average molecular weight is 285 g/mol. The molecule has 2 aliphatic rings. The molecule has 1 saturated carbocycles. The second kappa shape index (κ2) is 4.43. The quantitative estimate of drug-likeness (QED) is 0.839. The Bertz CT molecular complexity index is 614. The molecule has 1 N–H and O–H groups in total. The molecule has 21 heavy (non-hydrogen) atoms. The average Bonchev–Trinajstić information content (AvgIpc) is 2.89. The summed E-state index contributed by atoms with van der Waals surface area (Å²) in [5, 5.41) is 2.92. The zero-order chi connectivity index (χ0) is 15.4. The number of fused-ring (bicyclic) bond motifs is 1. The Labute approximate surface area is 126 Å². The van der Waals surface area contributed by atoms with Crippen LogP contribution in [0.1, 0.15) is 56.5 Å². The molecule has 1 aliphatic heterocycles. The summed E-state index contributed by atoms with van der Waals surface area (Å²) < 4.78 is 0. The van der Waals surface area contributed by atoms with Crippen molar-refractivity contribution in [1.29, 1.82) is 0 Å². The number of aryl methyl sites for hydroxylation is 1. The molecule has 1 aromatic rings. The third-order valence-corrected chi connectivity index (χ3v) is 5.80. The molecule has 3 heteroatoms. The lowest BCUT2D eigenvalue weighted by Crippen LogP contribution is -2.11. The van der Waals surface area contributed by atoms with Crippen molar-refractivity contribution in [2.75, 3.05) is 5.32 Å². The first-order valence-electron chi connectivity index (χ1n) is 7.72. The van der Waals surface area contributed by atoms with Crippen molar-refractivity contribution >= 4 is 17.4 Å². The van der Waals surface area contributed by atoms with Crippen molar-refractivity contribution < 1.29 is 9.59 Å². The van der Waals surface area contributed by atoms with Crippen molar-refractivity contribution in [1.82, 2.24) is 0 Å². The highest BCUT2D eigenvalue weighted by molar-refractivity contribution is 6.02. The Balaban J connectivity index is 1.90. The van der Waals surface area contributed by atoms with Gasteiger partial charge in [-0.2, -0.15) is 0 Å². The SMILES string of the molecule is CC1(C)C(C(=O)c2ccc3c(c2)CCCC(=O)N3)C1(C)C. The van der Waals surface area contributed by atoms with Crippen LogP contribution in [-0.4, -0.2) is 11.7 Å². The van der Waals surface area contributed by atoms with Crippen LogP contribution < -0.4 is 5.32 Å². The normalized spacial score (nSPS) is 23.0. The molecule has 1 amide bonds. The molecule has 0 saturated heterocycles. The van der Waals surface area contributed by atoms with E-state index in [-0.39, 0.29) is 28.4 Å². The van der Waals surface area contributed by atoms with E-state index in [1.54, 1.807) is 0 Å². The van der Waals surface area contributed by atoms with Crippen molar-refractivity contribution in [2.24, 2.45) is 16.7 Å². The fourth-order valence-corrected chi connectivity index (χ4v) is 3.75. The highest BCUT2D eigenvalue weighted by Crippen LogP contribution is 2.69. The molecule has 0 bridgehead atoms. The summed E-state index contributed by atoms with van der Waals surface area (Å²) in [5.74, 6) is 0.393.